The summed E-state index contributed by atoms with van der Waals surface area (Å²) in [5, 5.41) is 13.9. The first-order valence-electron chi connectivity index (χ1n) is 7.58. The molecule has 0 saturated carbocycles. The monoisotopic (exact) mass is 349 g/mol. The van der Waals surface area contributed by atoms with Crippen LogP contribution >= 0.6 is 11.6 Å². The first kappa shape index (κ1) is 18.0. The molecule has 1 heterocycles. The SMILES string of the molecule is CC(C)c1c(C(=O)N(C)C(C)C(=O)O)cnn1-c1ccccc1Cl. The van der Waals surface area contributed by atoms with Crippen molar-refractivity contribution in [3.05, 3.63) is 46.7 Å². The molecule has 0 aliphatic heterocycles. The summed E-state index contributed by atoms with van der Waals surface area (Å²) in [5.41, 5.74) is 1.74. The Hall–Kier alpha value is -2.34. The topological polar surface area (TPSA) is 75.4 Å². The Bertz CT molecular complexity index is 770. The summed E-state index contributed by atoms with van der Waals surface area (Å²) >= 11 is 6.24. The first-order chi connectivity index (χ1) is 11.3. The normalized spacial score (nSPS) is 12.2. The predicted octanol–water partition coefficient (Wildman–Crippen LogP) is 3.19. The van der Waals surface area contributed by atoms with Crippen molar-refractivity contribution in [3.63, 3.8) is 0 Å². The van der Waals surface area contributed by atoms with Crippen molar-refractivity contribution < 1.29 is 14.7 Å². The molecule has 0 radical (unpaired) electrons. The minimum atomic E-state index is -1.06. The van der Waals surface area contributed by atoms with Crippen LogP contribution in [0.4, 0.5) is 0 Å². The van der Waals surface area contributed by atoms with E-state index in [1.165, 1.54) is 25.1 Å². The average molecular weight is 350 g/mol. The largest absolute Gasteiger partial charge is 0.480 e. The number of hydrogen-bond donors (Lipinski definition) is 1. The molecule has 0 saturated heterocycles. The van der Waals surface area contributed by atoms with E-state index in [1.807, 2.05) is 32.0 Å². The quantitative estimate of drug-likeness (QED) is 0.899. The Kier molecular flexibility index (Phi) is 5.29. The number of aliphatic carboxylic acids is 1. The molecule has 1 atom stereocenters. The molecule has 0 aliphatic carbocycles. The van der Waals surface area contributed by atoms with E-state index in [4.69, 9.17) is 16.7 Å². The van der Waals surface area contributed by atoms with Gasteiger partial charge in [0.15, 0.2) is 0 Å². The summed E-state index contributed by atoms with van der Waals surface area (Å²) in [6.45, 7) is 5.36. The summed E-state index contributed by atoms with van der Waals surface area (Å²) in [7, 11) is 1.47. The zero-order valence-corrected chi connectivity index (χ0v) is 14.8. The van der Waals surface area contributed by atoms with Crippen molar-refractivity contribution in [2.75, 3.05) is 7.05 Å². The van der Waals surface area contributed by atoms with Gasteiger partial charge in [-0.05, 0) is 25.0 Å². The lowest BCUT2D eigenvalue weighted by atomic mass is 10.0. The number of likely N-dealkylation sites (N-methyl/N-ethyl adjacent to an activating group) is 1. The number of carbonyl (C=O) groups is 2. The van der Waals surface area contributed by atoms with Crippen LogP contribution in [0.25, 0.3) is 5.69 Å². The highest BCUT2D eigenvalue weighted by atomic mass is 35.5. The van der Waals surface area contributed by atoms with E-state index >= 15 is 0 Å². The van der Waals surface area contributed by atoms with E-state index in [0.717, 1.165) is 0 Å². The standard InChI is InChI=1S/C17H20ClN3O3/c1-10(2)15-12(16(22)20(4)11(3)17(23)24)9-19-21(15)14-8-6-5-7-13(14)18/h5-11H,1-4H3,(H,23,24). The number of nitrogens with zero attached hydrogens (tertiary/aromatic N) is 3. The number of halogens is 1. The third-order valence-corrected chi connectivity index (χ3v) is 4.24. The predicted molar refractivity (Wildman–Crippen MR) is 91.9 cm³/mol. The van der Waals surface area contributed by atoms with Gasteiger partial charge in [-0.3, -0.25) is 4.79 Å². The van der Waals surface area contributed by atoms with E-state index < -0.39 is 12.0 Å². The molecule has 1 unspecified atom stereocenters. The maximum atomic E-state index is 12.7. The second-order valence-corrected chi connectivity index (χ2v) is 6.30. The number of rotatable bonds is 5. The van der Waals surface area contributed by atoms with Gasteiger partial charge in [-0.15, -0.1) is 0 Å². The van der Waals surface area contributed by atoms with E-state index in [2.05, 4.69) is 5.10 Å². The highest BCUT2D eigenvalue weighted by molar-refractivity contribution is 6.32. The van der Waals surface area contributed by atoms with Gasteiger partial charge in [-0.25, -0.2) is 9.48 Å². The number of carboxylic acids is 1. The van der Waals surface area contributed by atoms with Gasteiger partial charge in [0.2, 0.25) is 0 Å². The van der Waals surface area contributed by atoms with Gasteiger partial charge < -0.3 is 10.0 Å². The van der Waals surface area contributed by atoms with Crippen molar-refractivity contribution in [1.29, 1.82) is 0 Å². The van der Waals surface area contributed by atoms with Crippen molar-refractivity contribution in [1.82, 2.24) is 14.7 Å². The zero-order chi connectivity index (χ0) is 18.0. The average Bonchev–Trinajstić information content (AvgIpc) is 2.97. The molecule has 1 aromatic heterocycles. The second-order valence-electron chi connectivity index (χ2n) is 5.89. The molecule has 24 heavy (non-hydrogen) atoms. The fourth-order valence-electron chi connectivity index (χ4n) is 2.43. The second kappa shape index (κ2) is 7.05. The van der Waals surface area contributed by atoms with Crippen LogP contribution in [0.2, 0.25) is 5.02 Å². The summed E-state index contributed by atoms with van der Waals surface area (Å²) in [5.74, 6) is -1.45. The van der Waals surface area contributed by atoms with Crippen molar-refractivity contribution in [2.45, 2.75) is 32.7 Å². The Labute approximate surface area is 145 Å². The molecule has 128 valence electrons. The van der Waals surface area contributed by atoms with Gasteiger partial charge in [0.05, 0.1) is 28.2 Å². The maximum Gasteiger partial charge on any atom is 0.326 e. The molecule has 0 spiro atoms. The molecule has 0 aliphatic rings. The minimum Gasteiger partial charge on any atom is -0.480 e. The Morgan fingerprint density at radius 1 is 1.25 bits per heavy atom. The molecular formula is C17H20ClN3O3. The molecule has 1 amide bonds. The van der Waals surface area contributed by atoms with Crippen molar-refractivity contribution in [3.8, 4) is 5.69 Å². The number of carboxylic acid groups (broad SMARTS) is 1. The van der Waals surface area contributed by atoms with Crippen LogP contribution in [-0.2, 0) is 4.79 Å². The number of amides is 1. The lowest BCUT2D eigenvalue weighted by molar-refractivity contribution is -0.141. The lowest BCUT2D eigenvalue weighted by Gasteiger charge is -2.22. The summed E-state index contributed by atoms with van der Waals surface area (Å²) < 4.78 is 1.64. The molecule has 2 aromatic rings. The smallest absolute Gasteiger partial charge is 0.326 e. The number of carbonyl (C=O) groups excluding carboxylic acids is 1. The molecule has 1 aromatic carbocycles. The molecule has 7 heteroatoms. The Morgan fingerprint density at radius 2 is 1.88 bits per heavy atom. The zero-order valence-electron chi connectivity index (χ0n) is 14.0. The van der Waals surface area contributed by atoms with Crippen molar-refractivity contribution in [2.24, 2.45) is 0 Å². The van der Waals surface area contributed by atoms with Gasteiger partial charge >= 0.3 is 5.97 Å². The van der Waals surface area contributed by atoms with Crippen LogP contribution in [0.3, 0.4) is 0 Å². The third kappa shape index (κ3) is 3.28. The maximum absolute atomic E-state index is 12.7. The number of para-hydroxylation sites is 1. The molecule has 2 rings (SSSR count). The van der Waals surface area contributed by atoms with E-state index in [1.54, 1.807) is 10.7 Å². The highest BCUT2D eigenvalue weighted by Gasteiger charge is 2.28. The van der Waals surface area contributed by atoms with Crippen LogP contribution < -0.4 is 0 Å². The van der Waals surface area contributed by atoms with Crippen LogP contribution in [0.5, 0.6) is 0 Å². The van der Waals surface area contributed by atoms with Gasteiger partial charge in [0.1, 0.15) is 6.04 Å². The fraction of sp³-hybridized carbons (Fsp3) is 0.353. The van der Waals surface area contributed by atoms with Gasteiger partial charge in [0.25, 0.3) is 5.91 Å². The number of aromatic nitrogens is 2. The first-order valence-corrected chi connectivity index (χ1v) is 7.96. The van der Waals surface area contributed by atoms with Gasteiger partial charge in [-0.1, -0.05) is 37.6 Å². The molecule has 6 nitrogen and oxygen atoms in total. The van der Waals surface area contributed by atoms with E-state index in [9.17, 15) is 9.59 Å². The number of hydrogen-bond acceptors (Lipinski definition) is 3. The molecule has 1 N–H and O–H groups in total. The van der Waals surface area contributed by atoms with Crippen molar-refractivity contribution >= 4 is 23.5 Å². The van der Waals surface area contributed by atoms with E-state index in [-0.39, 0.29) is 11.8 Å². The number of benzene rings is 1. The highest BCUT2D eigenvalue weighted by Crippen LogP contribution is 2.27. The van der Waals surface area contributed by atoms with Crippen LogP contribution in [0.1, 0.15) is 42.7 Å². The summed E-state index contributed by atoms with van der Waals surface area (Å²) in [6, 6.07) is 6.30. The third-order valence-electron chi connectivity index (χ3n) is 3.92. The van der Waals surface area contributed by atoms with Gasteiger partial charge in [0, 0.05) is 7.05 Å². The fourth-order valence-corrected chi connectivity index (χ4v) is 2.64. The Morgan fingerprint density at radius 3 is 2.42 bits per heavy atom. The molecular weight excluding hydrogens is 330 g/mol. The van der Waals surface area contributed by atoms with E-state index in [0.29, 0.717) is 22.0 Å². The molecule has 0 bridgehead atoms. The summed E-state index contributed by atoms with van der Waals surface area (Å²) in [6.07, 6.45) is 1.46. The van der Waals surface area contributed by atoms with Gasteiger partial charge in [-0.2, -0.15) is 5.10 Å². The lowest BCUT2D eigenvalue weighted by Crippen LogP contribution is -2.40. The molecule has 0 fully saturated rings. The van der Waals surface area contributed by atoms with Crippen LogP contribution in [-0.4, -0.2) is 44.8 Å². The van der Waals surface area contributed by atoms with Crippen LogP contribution in [0.15, 0.2) is 30.5 Å². The van der Waals surface area contributed by atoms with Crippen LogP contribution in [0, 0.1) is 0 Å². The summed E-state index contributed by atoms with van der Waals surface area (Å²) in [4.78, 5) is 25.1. The minimum absolute atomic E-state index is 0.00347. The Balaban J connectivity index is 2.52.